The molecule has 0 saturated heterocycles. The number of aromatic nitrogens is 2. The number of halogens is 1. The summed E-state index contributed by atoms with van der Waals surface area (Å²) in [6.45, 7) is 9.40. The molecule has 0 spiro atoms. The van der Waals surface area contributed by atoms with E-state index in [-0.39, 0.29) is 18.6 Å². The lowest BCUT2D eigenvalue weighted by molar-refractivity contribution is -0.121. The van der Waals surface area contributed by atoms with Crippen molar-refractivity contribution in [2.75, 3.05) is 13.2 Å². The molecular weight excluding hydrogens is 310 g/mol. The lowest BCUT2D eigenvalue weighted by Crippen LogP contribution is -2.29. The number of ether oxygens (including phenoxy) is 1. The van der Waals surface area contributed by atoms with Gasteiger partial charge in [0.05, 0.1) is 22.0 Å². The van der Waals surface area contributed by atoms with Crippen molar-refractivity contribution in [2.45, 2.75) is 46.8 Å². The Bertz CT molecular complexity index is 430. The summed E-state index contributed by atoms with van der Waals surface area (Å²) < 4.78 is 8.08. The monoisotopic (exact) mass is 331 g/mol. The van der Waals surface area contributed by atoms with Crippen LogP contribution in [0.4, 0.5) is 0 Å². The predicted molar refractivity (Wildman–Crippen MR) is 78.1 cm³/mol. The Balaban J connectivity index is 2.29. The molecule has 0 bridgehead atoms. The van der Waals surface area contributed by atoms with Gasteiger partial charge in [-0.15, -0.1) is 0 Å². The third-order valence-corrected chi connectivity index (χ3v) is 3.83. The topological polar surface area (TPSA) is 56.2 Å². The maximum Gasteiger partial charge on any atom is 0.241 e. The zero-order valence-corrected chi connectivity index (χ0v) is 13.6. The van der Waals surface area contributed by atoms with Gasteiger partial charge in [0, 0.05) is 13.2 Å². The van der Waals surface area contributed by atoms with Crippen molar-refractivity contribution in [3.05, 3.63) is 15.9 Å². The molecule has 0 aliphatic carbocycles. The summed E-state index contributed by atoms with van der Waals surface area (Å²) >= 11 is 3.45. The molecule has 1 rings (SSSR count). The molecule has 1 heterocycles. The van der Waals surface area contributed by atoms with E-state index in [2.05, 4.69) is 26.3 Å². The van der Waals surface area contributed by atoms with E-state index in [1.165, 1.54) is 0 Å². The first kappa shape index (κ1) is 16.2. The summed E-state index contributed by atoms with van der Waals surface area (Å²) in [6, 6.07) is 0. The van der Waals surface area contributed by atoms with Crippen molar-refractivity contribution >= 4 is 21.8 Å². The maximum absolute atomic E-state index is 11.8. The van der Waals surface area contributed by atoms with E-state index in [0.717, 1.165) is 22.3 Å². The summed E-state index contributed by atoms with van der Waals surface area (Å²) in [5.74, 6) is -0.0253. The molecule has 0 unspecified atom stereocenters. The average Bonchev–Trinajstić information content (AvgIpc) is 2.56. The number of carbonyl (C=O) groups is 1. The van der Waals surface area contributed by atoms with Gasteiger partial charge in [-0.25, -0.2) is 0 Å². The van der Waals surface area contributed by atoms with Crippen LogP contribution in [-0.4, -0.2) is 34.9 Å². The predicted octanol–water partition coefficient (Wildman–Crippen LogP) is 2.19. The van der Waals surface area contributed by atoms with Crippen molar-refractivity contribution in [3.8, 4) is 0 Å². The molecule has 0 radical (unpaired) electrons. The van der Waals surface area contributed by atoms with Crippen LogP contribution >= 0.6 is 15.9 Å². The second kappa shape index (κ2) is 7.65. The van der Waals surface area contributed by atoms with Crippen molar-refractivity contribution in [1.82, 2.24) is 15.1 Å². The van der Waals surface area contributed by atoms with Gasteiger partial charge in [0.2, 0.25) is 5.91 Å². The molecule has 0 saturated carbocycles. The first-order chi connectivity index (χ1) is 8.91. The van der Waals surface area contributed by atoms with Crippen molar-refractivity contribution in [3.63, 3.8) is 0 Å². The minimum absolute atomic E-state index is 0.0253. The number of aryl methyl sites for hydroxylation is 1. The fourth-order valence-electron chi connectivity index (χ4n) is 1.64. The van der Waals surface area contributed by atoms with Gasteiger partial charge in [0.1, 0.15) is 6.54 Å². The van der Waals surface area contributed by atoms with Gasteiger partial charge >= 0.3 is 0 Å². The fraction of sp³-hybridized carbons (Fsp3) is 0.692. The highest BCUT2D eigenvalue weighted by atomic mass is 79.9. The SMILES string of the molecule is Cc1nn(CC(=O)NCCCOC(C)C)c(C)c1Br. The number of nitrogens with zero attached hydrogens (tertiary/aromatic N) is 2. The van der Waals surface area contributed by atoms with Crippen LogP contribution in [0.2, 0.25) is 0 Å². The van der Waals surface area contributed by atoms with Crippen LogP contribution in [-0.2, 0) is 16.1 Å². The highest BCUT2D eigenvalue weighted by Crippen LogP contribution is 2.19. The number of amides is 1. The Hall–Kier alpha value is -0.880. The summed E-state index contributed by atoms with van der Waals surface area (Å²) in [7, 11) is 0. The highest BCUT2D eigenvalue weighted by molar-refractivity contribution is 9.10. The molecule has 108 valence electrons. The number of nitrogens with one attached hydrogen (secondary N) is 1. The van der Waals surface area contributed by atoms with E-state index in [9.17, 15) is 4.79 Å². The third kappa shape index (κ3) is 5.32. The standard InChI is InChI=1S/C13H22BrN3O2/c1-9(2)19-7-5-6-15-12(18)8-17-11(4)13(14)10(3)16-17/h9H,5-8H2,1-4H3,(H,15,18). The average molecular weight is 332 g/mol. The van der Waals surface area contributed by atoms with E-state index < -0.39 is 0 Å². The normalized spacial score (nSPS) is 11.1. The molecule has 0 atom stereocenters. The van der Waals surface area contributed by atoms with Crippen molar-refractivity contribution in [2.24, 2.45) is 0 Å². The number of carbonyl (C=O) groups excluding carboxylic acids is 1. The zero-order chi connectivity index (χ0) is 14.4. The lowest BCUT2D eigenvalue weighted by Gasteiger charge is -2.09. The van der Waals surface area contributed by atoms with E-state index in [1.807, 2.05) is 27.7 Å². The molecule has 0 aliphatic heterocycles. The van der Waals surface area contributed by atoms with E-state index in [0.29, 0.717) is 13.2 Å². The van der Waals surface area contributed by atoms with Crippen LogP contribution < -0.4 is 5.32 Å². The Kier molecular flexibility index (Phi) is 6.51. The Morgan fingerprint density at radius 2 is 2.16 bits per heavy atom. The van der Waals surface area contributed by atoms with Gasteiger partial charge < -0.3 is 10.1 Å². The number of hydrogen-bond donors (Lipinski definition) is 1. The van der Waals surface area contributed by atoms with E-state index in [1.54, 1.807) is 4.68 Å². The lowest BCUT2D eigenvalue weighted by atomic mass is 10.4. The largest absolute Gasteiger partial charge is 0.379 e. The maximum atomic E-state index is 11.8. The van der Waals surface area contributed by atoms with Gasteiger partial charge in [0.15, 0.2) is 0 Å². The van der Waals surface area contributed by atoms with Crippen LogP contribution in [0.3, 0.4) is 0 Å². The quantitative estimate of drug-likeness (QED) is 0.779. The second-order valence-electron chi connectivity index (χ2n) is 4.77. The van der Waals surface area contributed by atoms with Crippen LogP contribution in [0.1, 0.15) is 31.7 Å². The van der Waals surface area contributed by atoms with Gasteiger partial charge in [-0.3, -0.25) is 9.48 Å². The molecule has 0 fully saturated rings. The smallest absolute Gasteiger partial charge is 0.241 e. The molecule has 0 aliphatic rings. The Morgan fingerprint density at radius 3 is 2.68 bits per heavy atom. The number of rotatable bonds is 7. The van der Waals surface area contributed by atoms with Crippen molar-refractivity contribution in [1.29, 1.82) is 0 Å². The van der Waals surface area contributed by atoms with E-state index >= 15 is 0 Å². The van der Waals surface area contributed by atoms with Gasteiger partial charge in [-0.1, -0.05) is 0 Å². The highest BCUT2D eigenvalue weighted by Gasteiger charge is 2.11. The molecular formula is C13H22BrN3O2. The molecule has 1 N–H and O–H groups in total. The van der Waals surface area contributed by atoms with Crippen LogP contribution in [0.15, 0.2) is 4.47 Å². The molecule has 0 aromatic carbocycles. The molecule has 1 aromatic rings. The molecule has 19 heavy (non-hydrogen) atoms. The van der Waals surface area contributed by atoms with Gasteiger partial charge in [-0.2, -0.15) is 5.10 Å². The first-order valence-corrected chi connectivity index (χ1v) is 7.29. The van der Waals surface area contributed by atoms with Crippen LogP contribution in [0.5, 0.6) is 0 Å². The molecule has 5 nitrogen and oxygen atoms in total. The minimum atomic E-state index is -0.0253. The van der Waals surface area contributed by atoms with Crippen molar-refractivity contribution < 1.29 is 9.53 Å². The minimum Gasteiger partial charge on any atom is -0.379 e. The van der Waals surface area contributed by atoms with Gasteiger partial charge in [0.25, 0.3) is 0 Å². The fourth-order valence-corrected chi connectivity index (χ4v) is 1.92. The van der Waals surface area contributed by atoms with Gasteiger partial charge in [-0.05, 0) is 50.0 Å². The second-order valence-corrected chi connectivity index (χ2v) is 5.56. The van der Waals surface area contributed by atoms with Crippen LogP contribution in [0.25, 0.3) is 0 Å². The zero-order valence-electron chi connectivity index (χ0n) is 12.0. The molecule has 6 heteroatoms. The molecule has 1 amide bonds. The first-order valence-electron chi connectivity index (χ1n) is 6.49. The molecule has 1 aromatic heterocycles. The summed E-state index contributed by atoms with van der Waals surface area (Å²) in [5, 5.41) is 7.17. The summed E-state index contributed by atoms with van der Waals surface area (Å²) in [5.41, 5.74) is 1.87. The number of hydrogen-bond acceptors (Lipinski definition) is 3. The third-order valence-electron chi connectivity index (χ3n) is 2.68. The van der Waals surface area contributed by atoms with Crippen LogP contribution in [0, 0.1) is 13.8 Å². The Morgan fingerprint density at radius 1 is 1.47 bits per heavy atom. The Labute approximate surface area is 122 Å². The summed E-state index contributed by atoms with van der Waals surface area (Å²) in [4.78, 5) is 11.8. The van der Waals surface area contributed by atoms with E-state index in [4.69, 9.17) is 4.74 Å². The summed E-state index contributed by atoms with van der Waals surface area (Å²) in [6.07, 6.45) is 1.06.